The highest BCUT2D eigenvalue weighted by Gasteiger charge is 2.07. The minimum absolute atomic E-state index is 0.179. The van der Waals surface area contributed by atoms with Gasteiger partial charge in [0.05, 0.1) is 14.2 Å². The number of hydrogen-bond acceptors (Lipinski definition) is 5. The molecule has 0 fully saturated rings. The van der Waals surface area contributed by atoms with Crippen LogP contribution in [0.3, 0.4) is 0 Å². The highest BCUT2D eigenvalue weighted by molar-refractivity contribution is 5.58. The van der Waals surface area contributed by atoms with Crippen LogP contribution in [0.15, 0.2) is 36.4 Å². The van der Waals surface area contributed by atoms with Crippen LogP contribution in [-0.4, -0.2) is 19.3 Å². The number of benzene rings is 2. The predicted octanol–water partition coefficient (Wildman–Crippen LogP) is 2.60. The number of hydrogen-bond donors (Lipinski definition) is 3. The Hall–Kier alpha value is -2.56. The molecule has 0 aliphatic rings. The average Bonchev–Trinajstić information content (AvgIpc) is 2.46. The summed E-state index contributed by atoms with van der Waals surface area (Å²) in [5.41, 5.74) is 7.92. The Morgan fingerprint density at radius 2 is 1.85 bits per heavy atom. The van der Waals surface area contributed by atoms with Crippen molar-refractivity contribution in [2.75, 3.05) is 25.3 Å². The van der Waals surface area contributed by atoms with Crippen molar-refractivity contribution in [3.05, 3.63) is 42.0 Å². The highest BCUT2D eigenvalue weighted by Crippen LogP contribution is 2.30. The predicted molar refractivity (Wildman–Crippen MR) is 79.4 cm³/mol. The molecule has 2 aromatic rings. The lowest BCUT2D eigenvalue weighted by Crippen LogP contribution is -2.03. The molecule has 2 aromatic carbocycles. The molecule has 0 amide bonds. The molecule has 0 atom stereocenters. The summed E-state index contributed by atoms with van der Waals surface area (Å²) in [6.45, 7) is 0.425. The van der Waals surface area contributed by atoms with E-state index in [0.29, 0.717) is 29.3 Å². The lowest BCUT2D eigenvalue weighted by molar-refractivity contribution is 0.355. The Labute approximate surface area is 117 Å². The molecule has 5 nitrogen and oxygen atoms in total. The van der Waals surface area contributed by atoms with Crippen molar-refractivity contribution in [3.63, 3.8) is 0 Å². The second-order valence-corrected chi connectivity index (χ2v) is 4.27. The van der Waals surface area contributed by atoms with E-state index >= 15 is 0 Å². The number of phenols is 1. The van der Waals surface area contributed by atoms with Gasteiger partial charge in [0.25, 0.3) is 0 Å². The Morgan fingerprint density at radius 3 is 2.50 bits per heavy atom. The SMILES string of the molecule is COc1ccc(NCc2c(N)cccc2O)cc1OC. The number of rotatable bonds is 5. The summed E-state index contributed by atoms with van der Waals surface area (Å²) in [5.74, 6) is 1.49. The second-order valence-electron chi connectivity index (χ2n) is 4.27. The van der Waals surface area contributed by atoms with E-state index in [1.807, 2.05) is 18.2 Å². The number of nitrogen functional groups attached to an aromatic ring is 1. The van der Waals surface area contributed by atoms with Crippen molar-refractivity contribution in [3.8, 4) is 17.2 Å². The summed E-state index contributed by atoms with van der Waals surface area (Å²) in [4.78, 5) is 0. The maximum absolute atomic E-state index is 9.79. The monoisotopic (exact) mass is 274 g/mol. The molecule has 0 saturated heterocycles. The topological polar surface area (TPSA) is 76.7 Å². The third kappa shape index (κ3) is 2.88. The molecule has 0 aliphatic carbocycles. The summed E-state index contributed by atoms with van der Waals surface area (Å²) in [7, 11) is 3.18. The molecule has 5 heteroatoms. The summed E-state index contributed by atoms with van der Waals surface area (Å²) in [5, 5.41) is 13.0. The van der Waals surface area contributed by atoms with Crippen molar-refractivity contribution in [2.24, 2.45) is 0 Å². The van der Waals surface area contributed by atoms with Crippen LogP contribution in [-0.2, 0) is 6.54 Å². The Balaban J connectivity index is 2.15. The fourth-order valence-corrected chi connectivity index (χ4v) is 1.92. The zero-order valence-electron chi connectivity index (χ0n) is 11.5. The molecule has 0 bridgehead atoms. The van der Waals surface area contributed by atoms with E-state index in [-0.39, 0.29) is 5.75 Å². The summed E-state index contributed by atoms with van der Waals surface area (Å²) in [6, 6.07) is 10.6. The molecule has 4 N–H and O–H groups in total. The molecule has 0 aliphatic heterocycles. The lowest BCUT2D eigenvalue weighted by Gasteiger charge is -2.13. The minimum Gasteiger partial charge on any atom is -0.508 e. The van der Waals surface area contributed by atoms with E-state index in [1.54, 1.807) is 32.4 Å². The van der Waals surface area contributed by atoms with Gasteiger partial charge in [0, 0.05) is 29.5 Å². The molecule has 20 heavy (non-hydrogen) atoms. The maximum Gasteiger partial charge on any atom is 0.162 e. The van der Waals surface area contributed by atoms with Crippen molar-refractivity contribution in [2.45, 2.75) is 6.54 Å². The van der Waals surface area contributed by atoms with E-state index in [0.717, 1.165) is 5.69 Å². The van der Waals surface area contributed by atoms with Gasteiger partial charge in [-0.1, -0.05) is 6.07 Å². The van der Waals surface area contributed by atoms with Gasteiger partial charge in [-0.3, -0.25) is 0 Å². The van der Waals surface area contributed by atoms with Gasteiger partial charge in [-0.05, 0) is 24.3 Å². The first-order valence-electron chi connectivity index (χ1n) is 6.18. The fraction of sp³-hybridized carbons (Fsp3) is 0.200. The van der Waals surface area contributed by atoms with Gasteiger partial charge in [0.1, 0.15) is 5.75 Å². The first-order chi connectivity index (χ1) is 9.65. The number of nitrogens with two attached hydrogens (primary N) is 1. The molecule has 0 unspecified atom stereocenters. The molecular weight excluding hydrogens is 256 g/mol. The van der Waals surface area contributed by atoms with E-state index in [4.69, 9.17) is 15.2 Å². The van der Waals surface area contributed by atoms with E-state index in [1.165, 1.54) is 0 Å². The number of nitrogens with one attached hydrogen (secondary N) is 1. The number of phenolic OH excluding ortho intramolecular Hbond substituents is 1. The van der Waals surface area contributed by atoms with Crippen LogP contribution in [0.5, 0.6) is 17.2 Å². The standard InChI is InChI=1S/C15H18N2O3/c1-19-14-7-6-10(8-15(14)20-2)17-9-11-12(16)4-3-5-13(11)18/h3-8,17-18H,9,16H2,1-2H3. The Kier molecular flexibility index (Phi) is 4.20. The molecule has 2 rings (SSSR count). The molecular formula is C15H18N2O3. The van der Waals surface area contributed by atoms with Gasteiger partial charge < -0.3 is 25.6 Å². The van der Waals surface area contributed by atoms with Crippen molar-refractivity contribution < 1.29 is 14.6 Å². The number of methoxy groups -OCH3 is 2. The van der Waals surface area contributed by atoms with Gasteiger partial charge in [-0.25, -0.2) is 0 Å². The van der Waals surface area contributed by atoms with Crippen molar-refractivity contribution in [1.29, 1.82) is 0 Å². The van der Waals surface area contributed by atoms with Crippen molar-refractivity contribution in [1.82, 2.24) is 0 Å². The summed E-state index contributed by atoms with van der Waals surface area (Å²) < 4.78 is 10.4. The fourth-order valence-electron chi connectivity index (χ4n) is 1.92. The lowest BCUT2D eigenvalue weighted by atomic mass is 10.1. The Morgan fingerprint density at radius 1 is 1.10 bits per heavy atom. The minimum atomic E-state index is 0.179. The van der Waals surface area contributed by atoms with Gasteiger partial charge in [-0.15, -0.1) is 0 Å². The third-order valence-electron chi connectivity index (χ3n) is 3.04. The van der Waals surface area contributed by atoms with Crippen LogP contribution < -0.4 is 20.5 Å². The van der Waals surface area contributed by atoms with Gasteiger partial charge in [-0.2, -0.15) is 0 Å². The van der Waals surface area contributed by atoms with Crippen LogP contribution in [0.2, 0.25) is 0 Å². The molecule has 0 saturated carbocycles. The zero-order valence-corrected chi connectivity index (χ0v) is 11.5. The van der Waals surface area contributed by atoms with Gasteiger partial charge >= 0.3 is 0 Å². The van der Waals surface area contributed by atoms with Gasteiger partial charge in [0.2, 0.25) is 0 Å². The number of anilines is 2. The van der Waals surface area contributed by atoms with Crippen LogP contribution in [0.25, 0.3) is 0 Å². The largest absolute Gasteiger partial charge is 0.508 e. The first kappa shape index (κ1) is 13.9. The molecule has 0 spiro atoms. The smallest absolute Gasteiger partial charge is 0.162 e. The summed E-state index contributed by atoms with van der Waals surface area (Å²) in [6.07, 6.45) is 0. The molecule has 106 valence electrons. The van der Waals surface area contributed by atoms with E-state index < -0.39 is 0 Å². The number of ether oxygens (including phenoxy) is 2. The van der Waals surface area contributed by atoms with Crippen LogP contribution in [0.4, 0.5) is 11.4 Å². The first-order valence-corrected chi connectivity index (χ1v) is 6.18. The Bertz CT molecular complexity index is 579. The van der Waals surface area contributed by atoms with Crippen LogP contribution >= 0.6 is 0 Å². The maximum atomic E-state index is 9.79. The molecule has 0 heterocycles. The summed E-state index contributed by atoms with van der Waals surface area (Å²) >= 11 is 0. The average molecular weight is 274 g/mol. The number of aromatic hydroxyl groups is 1. The molecule has 0 radical (unpaired) electrons. The van der Waals surface area contributed by atoms with E-state index in [2.05, 4.69) is 5.32 Å². The quantitative estimate of drug-likeness (QED) is 0.731. The van der Waals surface area contributed by atoms with Crippen LogP contribution in [0.1, 0.15) is 5.56 Å². The zero-order chi connectivity index (χ0) is 14.5. The van der Waals surface area contributed by atoms with E-state index in [9.17, 15) is 5.11 Å². The van der Waals surface area contributed by atoms with Gasteiger partial charge in [0.15, 0.2) is 11.5 Å². The highest BCUT2D eigenvalue weighted by atomic mass is 16.5. The normalized spacial score (nSPS) is 10.1. The van der Waals surface area contributed by atoms with Crippen LogP contribution in [0, 0.1) is 0 Å². The van der Waals surface area contributed by atoms with Crippen molar-refractivity contribution >= 4 is 11.4 Å². The third-order valence-corrected chi connectivity index (χ3v) is 3.04. The second kappa shape index (κ2) is 6.06. The molecule has 0 aromatic heterocycles.